The Morgan fingerprint density at radius 3 is 2.16 bits per heavy atom. The van der Waals surface area contributed by atoms with E-state index in [2.05, 4.69) is 0 Å². The molecule has 0 radical (unpaired) electrons. The van der Waals surface area contributed by atoms with Crippen molar-refractivity contribution in [3.8, 4) is 5.75 Å². The van der Waals surface area contributed by atoms with E-state index in [1.165, 1.54) is 0 Å². The molecule has 98 valence electrons. The average Bonchev–Trinajstić information content (AvgIpc) is 2.36. The van der Waals surface area contributed by atoms with E-state index in [4.69, 9.17) is 4.74 Å². The number of rotatable bonds is 4. The summed E-state index contributed by atoms with van der Waals surface area (Å²) >= 11 is 0. The van der Waals surface area contributed by atoms with E-state index in [-0.39, 0.29) is 5.78 Å². The predicted molar refractivity (Wildman–Crippen MR) is 76.7 cm³/mol. The molecule has 0 saturated heterocycles. The lowest BCUT2D eigenvalue weighted by molar-refractivity contribution is 0.101. The number of aryl methyl sites for hydroxylation is 2. The summed E-state index contributed by atoms with van der Waals surface area (Å²) in [6.45, 7) is 6.02. The van der Waals surface area contributed by atoms with E-state index < -0.39 is 0 Å². The van der Waals surface area contributed by atoms with Gasteiger partial charge >= 0.3 is 0 Å². The number of ketones is 1. The first-order valence-corrected chi connectivity index (χ1v) is 6.37. The van der Waals surface area contributed by atoms with Gasteiger partial charge in [-0.2, -0.15) is 0 Å². The molecule has 0 saturated carbocycles. The molecule has 0 heterocycles. The van der Waals surface area contributed by atoms with Crippen LogP contribution in [0.3, 0.4) is 0 Å². The average molecular weight is 254 g/mol. The standard InChI is InChI=1S/C17H18O2/c1-12-9-16(10-13(2)17(12)14(3)18)19-11-15-7-5-4-6-8-15/h4-10H,11H2,1-3H3. The molecule has 0 N–H and O–H groups in total. The van der Waals surface area contributed by atoms with Gasteiger partial charge in [-0.05, 0) is 49.6 Å². The molecule has 2 aromatic rings. The molecule has 2 aromatic carbocycles. The van der Waals surface area contributed by atoms with Crippen molar-refractivity contribution in [3.63, 3.8) is 0 Å². The Bertz CT molecular complexity index is 562. The maximum atomic E-state index is 11.5. The third kappa shape index (κ3) is 3.22. The highest BCUT2D eigenvalue weighted by Gasteiger charge is 2.09. The summed E-state index contributed by atoms with van der Waals surface area (Å²) in [4.78, 5) is 11.5. The van der Waals surface area contributed by atoms with Crippen LogP contribution in [0.1, 0.15) is 34.0 Å². The highest BCUT2D eigenvalue weighted by atomic mass is 16.5. The van der Waals surface area contributed by atoms with Gasteiger partial charge in [-0.25, -0.2) is 0 Å². The van der Waals surface area contributed by atoms with Crippen LogP contribution in [0.4, 0.5) is 0 Å². The Hall–Kier alpha value is -2.09. The van der Waals surface area contributed by atoms with Gasteiger partial charge in [0.2, 0.25) is 0 Å². The Morgan fingerprint density at radius 1 is 1.05 bits per heavy atom. The smallest absolute Gasteiger partial charge is 0.160 e. The van der Waals surface area contributed by atoms with Crippen molar-refractivity contribution in [2.45, 2.75) is 27.4 Å². The van der Waals surface area contributed by atoms with Gasteiger partial charge in [0.05, 0.1) is 0 Å². The first-order chi connectivity index (χ1) is 9.08. The molecule has 0 atom stereocenters. The molecule has 0 bridgehead atoms. The quantitative estimate of drug-likeness (QED) is 0.768. The monoisotopic (exact) mass is 254 g/mol. The maximum absolute atomic E-state index is 11.5. The second kappa shape index (κ2) is 5.70. The van der Waals surface area contributed by atoms with Gasteiger partial charge in [0, 0.05) is 5.56 Å². The van der Waals surface area contributed by atoms with Crippen molar-refractivity contribution in [3.05, 3.63) is 64.7 Å². The fourth-order valence-electron chi connectivity index (χ4n) is 2.30. The third-order valence-corrected chi connectivity index (χ3v) is 3.11. The summed E-state index contributed by atoms with van der Waals surface area (Å²) in [7, 11) is 0. The molecule has 0 fully saturated rings. The molecule has 0 amide bonds. The maximum Gasteiger partial charge on any atom is 0.160 e. The van der Waals surface area contributed by atoms with Gasteiger partial charge in [-0.3, -0.25) is 4.79 Å². The lowest BCUT2D eigenvalue weighted by atomic mass is 9.99. The molecule has 19 heavy (non-hydrogen) atoms. The second-order valence-corrected chi connectivity index (χ2v) is 4.76. The lowest BCUT2D eigenvalue weighted by Crippen LogP contribution is -2.02. The molecule has 0 aliphatic carbocycles. The summed E-state index contributed by atoms with van der Waals surface area (Å²) in [6, 6.07) is 13.9. The van der Waals surface area contributed by atoms with Crippen LogP contribution in [0.5, 0.6) is 5.75 Å². The van der Waals surface area contributed by atoms with Crippen molar-refractivity contribution >= 4 is 5.78 Å². The van der Waals surface area contributed by atoms with Crippen LogP contribution in [0.25, 0.3) is 0 Å². The van der Waals surface area contributed by atoms with E-state index in [1.807, 2.05) is 56.3 Å². The predicted octanol–water partition coefficient (Wildman–Crippen LogP) is 4.09. The summed E-state index contributed by atoms with van der Waals surface area (Å²) in [5.74, 6) is 0.911. The summed E-state index contributed by atoms with van der Waals surface area (Å²) in [5.41, 5.74) is 3.87. The Labute approximate surface area is 114 Å². The minimum Gasteiger partial charge on any atom is -0.489 e. The largest absolute Gasteiger partial charge is 0.489 e. The molecule has 0 aromatic heterocycles. The number of Topliss-reactive ketones (excluding diaryl/α,β-unsaturated/α-hetero) is 1. The van der Waals surface area contributed by atoms with Gasteiger partial charge in [0.1, 0.15) is 12.4 Å². The minimum absolute atomic E-state index is 0.101. The normalized spacial score (nSPS) is 10.3. The molecule has 0 aliphatic heterocycles. The van der Waals surface area contributed by atoms with E-state index in [9.17, 15) is 4.79 Å². The summed E-state index contributed by atoms with van der Waals surface area (Å²) in [6.07, 6.45) is 0. The first-order valence-electron chi connectivity index (χ1n) is 6.37. The molecule has 0 aliphatic rings. The SMILES string of the molecule is CC(=O)c1c(C)cc(OCc2ccccc2)cc1C. The number of carbonyl (C=O) groups is 1. The number of ether oxygens (including phenoxy) is 1. The fraction of sp³-hybridized carbons (Fsp3) is 0.235. The minimum atomic E-state index is 0.101. The van der Waals surface area contributed by atoms with E-state index in [0.717, 1.165) is 28.0 Å². The van der Waals surface area contributed by atoms with Crippen molar-refractivity contribution in [2.24, 2.45) is 0 Å². The Balaban J connectivity index is 2.16. The van der Waals surface area contributed by atoms with Gasteiger partial charge in [-0.1, -0.05) is 30.3 Å². The van der Waals surface area contributed by atoms with Crippen molar-refractivity contribution < 1.29 is 9.53 Å². The van der Waals surface area contributed by atoms with Crippen LogP contribution in [-0.2, 0) is 6.61 Å². The second-order valence-electron chi connectivity index (χ2n) is 4.76. The van der Waals surface area contributed by atoms with Gasteiger partial charge in [0.15, 0.2) is 5.78 Å². The van der Waals surface area contributed by atoms with E-state index in [1.54, 1.807) is 6.92 Å². The van der Waals surface area contributed by atoms with Gasteiger partial charge < -0.3 is 4.74 Å². The number of carbonyl (C=O) groups excluding carboxylic acids is 1. The molecule has 2 nitrogen and oxygen atoms in total. The molecule has 2 rings (SSSR count). The number of benzene rings is 2. The van der Waals surface area contributed by atoms with Crippen LogP contribution >= 0.6 is 0 Å². The Kier molecular flexibility index (Phi) is 4.00. The fourth-order valence-corrected chi connectivity index (χ4v) is 2.30. The zero-order valence-corrected chi connectivity index (χ0v) is 11.6. The van der Waals surface area contributed by atoms with Crippen LogP contribution in [0, 0.1) is 13.8 Å². The highest BCUT2D eigenvalue weighted by molar-refractivity contribution is 5.97. The number of hydrogen-bond acceptors (Lipinski definition) is 2. The first kappa shape index (κ1) is 13.3. The van der Waals surface area contributed by atoms with Crippen LogP contribution in [-0.4, -0.2) is 5.78 Å². The van der Waals surface area contributed by atoms with Crippen molar-refractivity contribution in [1.29, 1.82) is 0 Å². The molecule has 0 spiro atoms. The lowest BCUT2D eigenvalue weighted by Gasteiger charge is -2.11. The van der Waals surface area contributed by atoms with Crippen molar-refractivity contribution in [2.75, 3.05) is 0 Å². The third-order valence-electron chi connectivity index (χ3n) is 3.11. The highest BCUT2D eigenvalue weighted by Crippen LogP contribution is 2.23. The van der Waals surface area contributed by atoms with Crippen LogP contribution in [0.15, 0.2) is 42.5 Å². The molecular weight excluding hydrogens is 236 g/mol. The van der Waals surface area contributed by atoms with Crippen LogP contribution < -0.4 is 4.74 Å². The molecular formula is C17H18O2. The van der Waals surface area contributed by atoms with Crippen molar-refractivity contribution in [1.82, 2.24) is 0 Å². The summed E-state index contributed by atoms with van der Waals surface area (Å²) in [5, 5.41) is 0. The zero-order valence-electron chi connectivity index (χ0n) is 11.6. The van der Waals surface area contributed by atoms with E-state index in [0.29, 0.717) is 6.61 Å². The molecule has 0 unspecified atom stereocenters. The van der Waals surface area contributed by atoms with Gasteiger partial charge in [0.25, 0.3) is 0 Å². The zero-order chi connectivity index (χ0) is 13.8. The van der Waals surface area contributed by atoms with Gasteiger partial charge in [-0.15, -0.1) is 0 Å². The van der Waals surface area contributed by atoms with Crippen LogP contribution in [0.2, 0.25) is 0 Å². The summed E-state index contributed by atoms with van der Waals surface area (Å²) < 4.78 is 5.78. The topological polar surface area (TPSA) is 26.3 Å². The van der Waals surface area contributed by atoms with E-state index >= 15 is 0 Å². The number of hydrogen-bond donors (Lipinski definition) is 0. The Morgan fingerprint density at radius 2 is 1.63 bits per heavy atom. The molecule has 2 heteroatoms.